The summed E-state index contributed by atoms with van der Waals surface area (Å²) in [4.78, 5) is 12.3. The van der Waals surface area contributed by atoms with Gasteiger partial charge >= 0.3 is 0 Å². The van der Waals surface area contributed by atoms with Gasteiger partial charge in [-0.15, -0.1) is 0 Å². The van der Waals surface area contributed by atoms with Gasteiger partial charge < -0.3 is 20.0 Å². The van der Waals surface area contributed by atoms with Crippen LogP contribution in [-0.4, -0.2) is 26.1 Å². The van der Waals surface area contributed by atoms with Crippen LogP contribution in [0.5, 0.6) is 0 Å². The lowest BCUT2D eigenvalue weighted by molar-refractivity contribution is 0.476. The molecule has 0 saturated carbocycles. The second-order valence-corrected chi connectivity index (χ2v) is 4.13. The van der Waals surface area contributed by atoms with Crippen LogP contribution in [0.2, 0.25) is 0 Å². The third-order valence-corrected chi connectivity index (χ3v) is 2.84. The van der Waals surface area contributed by atoms with Crippen LogP contribution in [-0.2, 0) is 13.1 Å². The van der Waals surface area contributed by atoms with Gasteiger partial charge in [-0.25, -0.2) is 15.0 Å². The van der Waals surface area contributed by atoms with E-state index in [1.165, 1.54) is 6.33 Å². The molecule has 3 heterocycles. The number of anilines is 1. The molecule has 7 heteroatoms. The van der Waals surface area contributed by atoms with E-state index < -0.39 is 0 Å². The number of furan rings is 1. The standard InChI is InChI=1S/C12H14N6O/c13-11-10-12(16-7-15-11)18(8-17-10)4-3-14-6-9-2-1-5-19-9/h1-2,5,7-8,14H,3-4,6H2,(H2,13,15,16). The molecule has 0 spiro atoms. The van der Waals surface area contributed by atoms with E-state index in [0.29, 0.717) is 17.9 Å². The van der Waals surface area contributed by atoms with Crippen LogP contribution in [0.1, 0.15) is 5.76 Å². The number of hydrogen-bond acceptors (Lipinski definition) is 6. The number of rotatable bonds is 5. The number of imidazole rings is 1. The molecule has 3 aromatic heterocycles. The minimum atomic E-state index is 0.410. The third kappa shape index (κ3) is 2.41. The highest BCUT2D eigenvalue weighted by Crippen LogP contribution is 2.13. The highest BCUT2D eigenvalue weighted by atomic mass is 16.3. The highest BCUT2D eigenvalue weighted by molar-refractivity contribution is 5.80. The highest BCUT2D eigenvalue weighted by Gasteiger charge is 2.06. The summed E-state index contributed by atoms with van der Waals surface area (Å²) in [6.45, 7) is 2.25. The van der Waals surface area contributed by atoms with Crippen molar-refractivity contribution in [3.63, 3.8) is 0 Å². The molecule has 0 amide bonds. The lowest BCUT2D eigenvalue weighted by atomic mass is 10.4. The Bertz CT molecular complexity index is 660. The summed E-state index contributed by atoms with van der Waals surface area (Å²) in [6.07, 6.45) is 4.84. The molecule has 0 fully saturated rings. The zero-order chi connectivity index (χ0) is 13.1. The Morgan fingerprint density at radius 1 is 1.32 bits per heavy atom. The van der Waals surface area contributed by atoms with Crippen LogP contribution < -0.4 is 11.1 Å². The molecule has 0 bridgehead atoms. The van der Waals surface area contributed by atoms with E-state index in [-0.39, 0.29) is 0 Å². The maximum Gasteiger partial charge on any atom is 0.165 e. The minimum absolute atomic E-state index is 0.410. The van der Waals surface area contributed by atoms with Crippen LogP contribution in [0, 0.1) is 0 Å². The van der Waals surface area contributed by atoms with Crippen LogP contribution in [0.15, 0.2) is 35.5 Å². The second kappa shape index (κ2) is 5.07. The second-order valence-electron chi connectivity index (χ2n) is 4.13. The van der Waals surface area contributed by atoms with Crippen LogP contribution in [0.25, 0.3) is 11.2 Å². The molecule has 0 aliphatic rings. The zero-order valence-corrected chi connectivity index (χ0v) is 10.3. The van der Waals surface area contributed by atoms with Crippen molar-refractivity contribution in [1.82, 2.24) is 24.8 Å². The average Bonchev–Trinajstić information content (AvgIpc) is 3.05. The molecule has 98 valence electrons. The Hall–Kier alpha value is -2.41. The van der Waals surface area contributed by atoms with E-state index in [2.05, 4.69) is 20.3 Å². The minimum Gasteiger partial charge on any atom is -0.468 e. The first-order valence-electron chi connectivity index (χ1n) is 5.99. The van der Waals surface area contributed by atoms with Crippen molar-refractivity contribution in [2.45, 2.75) is 13.1 Å². The molecule has 0 radical (unpaired) electrons. The molecule has 0 aliphatic carbocycles. The van der Waals surface area contributed by atoms with Gasteiger partial charge in [0, 0.05) is 13.1 Å². The zero-order valence-electron chi connectivity index (χ0n) is 10.3. The predicted octanol–water partition coefficient (Wildman–Crippen LogP) is 0.791. The predicted molar refractivity (Wildman–Crippen MR) is 70.2 cm³/mol. The first-order valence-corrected chi connectivity index (χ1v) is 5.99. The van der Waals surface area contributed by atoms with Crippen molar-refractivity contribution in [2.24, 2.45) is 0 Å². The third-order valence-electron chi connectivity index (χ3n) is 2.84. The first-order chi connectivity index (χ1) is 9.34. The molecular weight excluding hydrogens is 244 g/mol. The number of nitrogens with two attached hydrogens (primary N) is 1. The maximum atomic E-state index is 5.73. The van der Waals surface area contributed by atoms with Gasteiger partial charge in [0.2, 0.25) is 0 Å². The van der Waals surface area contributed by atoms with Gasteiger partial charge in [-0.05, 0) is 12.1 Å². The van der Waals surface area contributed by atoms with Crippen molar-refractivity contribution in [1.29, 1.82) is 0 Å². The van der Waals surface area contributed by atoms with Crippen LogP contribution in [0.4, 0.5) is 5.82 Å². The summed E-state index contributed by atoms with van der Waals surface area (Å²) in [5.74, 6) is 1.33. The molecule has 3 aromatic rings. The number of hydrogen-bond donors (Lipinski definition) is 2. The molecule has 0 unspecified atom stereocenters. The number of nitrogens with one attached hydrogen (secondary N) is 1. The summed E-state index contributed by atoms with van der Waals surface area (Å²) in [5, 5.41) is 3.29. The fraction of sp³-hybridized carbons (Fsp3) is 0.250. The van der Waals surface area contributed by atoms with Gasteiger partial charge in [-0.2, -0.15) is 0 Å². The van der Waals surface area contributed by atoms with Crippen molar-refractivity contribution in [3.8, 4) is 0 Å². The Morgan fingerprint density at radius 3 is 3.11 bits per heavy atom. The molecule has 19 heavy (non-hydrogen) atoms. The fourth-order valence-electron chi connectivity index (χ4n) is 1.89. The largest absolute Gasteiger partial charge is 0.468 e. The average molecular weight is 258 g/mol. The maximum absolute atomic E-state index is 5.73. The number of nitrogens with zero attached hydrogens (tertiary/aromatic N) is 4. The topological polar surface area (TPSA) is 94.8 Å². The number of aromatic nitrogens is 4. The lowest BCUT2D eigenvalue weighted by Gasteiger charge is -2.04. The molecule has 3 N–H and O–H groups in total. The molecule has 0 saturated heterocycles. The quantitative estimate of drug-likeness (QED) is 0.657. The van der Waals surface area contributed by atoms with Crippen molar-refractivity contribution < 1.29 is 4.42 Å². The molecule has 0 aromatic carbocycles. The number of nitrogen functional groups attached to an aromatic ring is 1. The number of fused-ring (bicyclic) bond motifs is 1. The van der Waals surface area contributed by atoms with Gasteiger partial charge in [0.1, 0.15) is 17.6 Å². The monoisotopic (exact) mass is 258 g/mol. The van der Waals surface area contributed by atoms with Gasteiger partial charge in [-0.1, -0.05) is 0 Å². The molecular formula is C12H14N6O. The van der Waals surface area contributed by atoms with E-state index in [0.717, 1.165) is 24.5 Å². The summed E-state index contributed by atoms with van der Waals surface area (Å²) >= 11 is 0. The van der Waals surface area contributed by atoms with Gasteiger partial charge in [0.15, 0.2) is 11.5 Å². The van der Waals surface area contributed by atoms with E-state index in [1.54, 1.807) is 12.6 Å². The van der Waals surface area contributed by atoms with Gasteiger partial charge in [0.25, 0.3) is 0 Å². The Labute approximate surface area is 109 Å². The van der Waals surface area contributed by atoms with E-state index in [1.807, 2.05) is 16.7 Å². The summed E-state index contributed by atoms with van der Waals surface area (Å²) in [6, 6.07) is 3.81. The molecule has 0 aliphatic heterocycles. The Balaban J connectivity index is 1.61. The summed E-state index contributed by atoms with van der Waals surface area (Å²) in [7, 11) is 0. The van der Waals surface area contributed by atoms with Crippen molar-refractivity contribution in [2.75, 3.05) is 12.3 Å². The summed E-state index contributed by atoms with van der Waals surface area (Å²) < 4.78 is 7.18. The lowest BCUT2D eigenvalue weighted by Crippen LogP contribution is -2.19. The molecule has 7 nitrogen and oxygen atoms in total. The molecule has 3 rings (SSSR count). The Kier molecular flexibility index (Phi) is 3.11. The SMILES string of the molecule is Nc1ncnc2c1ncn2CCNCc1ccco1. The van der Waals surface area contributed by atoms with E-state index in [4.69, 9.17) is 10.2 Å². The first kappa shape index (κ1) is 11.7. The van der Waals surface area contributed by atoms with Gasteiger partial charge in [0.05, 0.1) is 19.1 Å². The van der Waals surface area contributed by atoms with Gasteiger partial charge in [-0.3, -0.25) is 0 Å². The van der Waals surface area contributed by atoms with E-state index in [9.17, 15) is 0 Å². The van der Waals surface area contributed by atoms with Crippen LogP contribution in [0.3, 0.4) is 0 Å². The van der Waals surface area contributed by atoms with E-state index >= 15 is 0 Å². The van der Waals surface area contributed by atoms with Crippen molar-refractivity contribution >= 4 is 17.0 Å². The Morgan fingerprint density at radius 2 is 2.26 bits per heavy atom. The summed E-state index contributed by atoms with van der Waals surface area (Å²) in [5.41, 5.74) is 7.14. The fourth-order valence-corrected chi connectivity index (χ4v) is 1.89. The van der Waals surface area contributed by atoms with Crippen molar-refractivity contribution in [3.05, 3.63) is 36.8 Å². The molecule has 0 atom stereocenters. The van der Waals surface area contributed by atoms with Crippen LogP contribution >= 0.6 is 0 Å². The normalized spacial score (nSPS) is 11.2. The smallest absolute Gasteiger partial charge is 0.165 e.